The monoisotopic (exact) mass is 280 g/mol. The van der Waals surface area contributed by atoms with Gasteiger partial charge in [-0.1, -0.05) is 13.8 Å². The molecule has 1 atom stereocenters. The molecular formula is C15H28N4O. The second kappa shape index (κ2) is 6.59. The van der Waals surface area contributed by atoms with E-state index in [4.69, 9.17) is 4.74 Å². The Hall–Kier alpha value is -1.07. The van der Waals surface area contributed by atoms with Gasteiger partial charge in [0, 0.05) is 39.4 Å². The smallest absolute Gasteiger partial charge is 0.131 e. The minimum atomic E-state index is 0.349. The molecule has 1 unspecified atom stereocenters. The fraction of sp³-hybridized carbons (Fsp3) is 0.800. The van der Waals surface area contributed by atoms with Gasteiger partial charge >= 0.3 is 0 Å². The lowest BCUT2D eigenvalue weighted by Crippen LogP contribution is -2.27. The van der Waals surface area contributed by atoms with Crippen LogP contribution in [0.4, 0.5) is 5.82 Å². The second-order valence-electron chi connectivity index (χ2n) is 6.13. The van der Waals surface area contributed by atoms with Gasteiger partial charge in [0.15, 0.2) is 0 Å². The summed E-state index contributed by atoms with van der Waals surface area (Å²) in [7, 11) is 3.84. The fourth-order valence-electron chi connectivity index (χ4n) is 2.89. The molecule has 20 heavy (non-hydrogen) atoms. The summed E-state index contributed by atoms with van der Waals surface area (Å²) in [6.07, 6.45) is 1.45. The van der Waals surface area contributed by atoms with Gasteiger partial charge in [-0.2, -0.15) is 5.10 Å². The standard InChI is InChI=1S/C15H28N4O/c1-11(2)8-16-9-14-12(3)17-18(4)15(14)19-7-6-13(10-19)20-5/h11,13,16H,6-10H2,1-5H3. The number of methoxy groups -OCH3 is 1. The van der Waals surface area contributed by atoms with Crippen molar-refractivity contribution in [2.24, 2.45) is 13.0 Å². The van der Waals surface area contributed by atoms with E-state index < -0.39 is 0 Å². The average molecular weight is 280 g/mol. The molecule has 1 fully saturated rings. The predicted octanol–water partition coefficient (Wildman–Crippen LogP) is 1.70. The lowest BCUT2D eigenvalue weighted by Gasteiger charge is -2.20. The number of nitrogens with one attached hydrogen (secondary N) is 1. The minimum Gasteiger partial charge on any atom is -0.380 e. The van der Waals surface area contributed by atoms with Crippen LogP contribution in [0.3, 0.4) is 0 Å². The highest BCUT2D eigenvalue weighted by Crippen LogP contribution is 2.27. The Labute approximate surface area is 122 Å². The molecule has 5 heteroatoms. The Balaban J connectivity index is 2.11. The number of aromatic nitrogens is 2. The molecule has 1 aromatic rings. The highest BCUT2D eigenvalue weighted by Gasteiger charge is 2.27. The van der Waals surface area contributed by atoms with E-state index in [-0.39, 0.29) is 0 Å². The van der Waals surface area contributed by atoms with Crippen molar-refractivity contribution in [3.8, 4) is 0 Å². The molecule has 0 spiro atoms. The van der Waals surface area contributed by atoms with E-state index in [0.29, 0.717) is 12.0 Å². The van der Waals surface area contributed by atoms with E-state index in [1.165, 1.54) is 11.4 Å². The van der Waals surface area contributed by atoms with Crippen LogP contribution in [0.5, 0.6) is 0 Å². The van der Waals surface area contributed by atoms with Crippen LogP contribution in [0.1, 0.15) is 31.5 Å². The largest absolute Gasteiger partial charge is 0.380 e. The summed E-state index contributed by atoms with van der Waals surface area (Å²) >= 11 is 0. The Morgan fingerprint density at radius 3 is 2.80 bits per heavy atom. The van der Waals surface area contributed by atoms with E-state index in [9.17, 15) is 0 Å². The van der Waals surface area contributed by atoms with Crippen molar-refractivity contribution < 1.29 is 4.74 Å². The van der Waals surface area contributed by atoms with Crippen LogP contribution in [0.2, 0.25) is 0 Å². The molecule has 1 aromatic heterocycles. The molecule has 0 aliphatic carbocycles. The zero-order valence-electron chi connectivity index (χ0n) is 13.4. The van der Waals surface area contributed by atoms with Crippen LogP contribution in [-0.2, 0) is 18.3 Å². The fourth-order valence-corrected chi connectivity index (χ4v) is 2.89. The number of hydrogen-bond donors (Lipinski definition) is 1. The first-order valence-electron chi connectivity index (χ1n) is 7.53. The number of aryl methyl sites for hydroxylation is 2. The van der Waals surface area contributed by atoms with Gasteiger partial charge < -0.3 is 15.0 Å². The van der Waals surface area contributed by atoms with Gasteiger partial charge in [0.2, 0.25) is 0 Å². The van der Waals surface area contributed by atoms with E-state index in [1.54, 1.807) is 7.11 Å². The van der Waals surface area contributed by atoms with Gasteiger partial charge in [0.1, 0.15) is 5.82 Å². The maximum atomic E-state index is 5.48. The van der Waals surface area contributed by atoms with Crippen molar-refractivity contribution in [2.75, 3.05) is 31.6 Å². The predicted molar refractivity (Wildman–Crippen MR) is 82.1 cm³/mol. The summed E-state index contributed by atoms with van der Waals surface area (Å²) in [5.41, 5.74) is 2.45. The number of nitrogens with zero attached hydrogens (tertiary/aromatic N) is 3. The molecule has 0 radical (unpaired) electrons. The van der Waals surface area contributed by atoms with E-state index in [0.717, 1.165) is 38.3 Å². The summed E-state index contributed by atoms with van der Waals surface area (Å²) in [5.74, 6) is 1.92. The summed E-state index contributed by atoms with van der Waals surface area (Å²) in [5, 5.41) is 8.13. The number of rotatable bonds is 6. The van der Waals surface area contributed by atoms with Gasteiger partial charge in [-0.3, -0.25) is 4.68 Å². The Bertz CT molecular complexity index is 441. The van der Waals surface area contributed by atoms with E-state index in [1.807, 2.05) is 11.7 Å². The van der Waals surface area contributed by atoms with Crippen molar-refractivity contribution in [2.45, 2.75) is 39.8 Å². The molecular weight excluding hydrogens is 252 g/mol. The molecule has 0 aromatic carbocycles. The molecule has 1 N–H and O–H groups in total. The quantitative estimate of drug-likeness (QED) is 0.861. The van der Waals surface area contributed by atoms with Gasteiger partial charge in [-0.15, -0.1) is 0 Å². The van der Waals surface area contributed by atoms with Crippen molar-refractivity contribution in [3.63, 3.8) is 0 Å². The molecule has 1 saturated heterocycles. The second-order valence-corrected chi connectivity index (χ2v) is 6.13. The Morgan fingerprint density at radius 1 is 1.45 bits per heavy atom. The SMILES string of the molecule is COC1CCN(c2c(CNCC(C)C)c(C)nn2C)C1. The Kier molecular flexibility index (Phi) is 5.05. The zero-order valence-corrected chi connectivity index (χ0v) is 13.4. The summed E-state index contributed by atoms with van der Waals surface area (Å²) in [4.78, 5) is 2.40. The third-order valence-electron chi connectivity index (χ3n) is 3.95. The number of ether oxygens (including phenoxy) is 1. The van der Waals surface area contributed by atoms with Crippen LogP contribution < -0.4 is 10.2 Å². The topological polar surface area (TPSA) is 42.3 Å². The maximum Gasteiger partial charge on any atom is 0.131 e. The normalized spacial score (nSPS) is 19.3. The highest BCUT2D eigenvalue weighted by molar-refractivity contribution is 5.51. The molecule has 1 aliphatic rings. The third-order valence-corrected chi connectivity index (χ3v) is 3.95. The number of hydrogen-bond acceptors (Lipinski definition) is 4. The van der Waals surface area contributed by atoms with E-state index >= 15 is 0 Å². The van der Waals surface area contributed by atoms with Crippen molar-refractivity contribution in [3.05, 3.63) is 11.3 Å². The molecule has 114 valence electrons. The molecule has 0 bridgehead atoms. The maximum absolute atomic E-state index is 5.48. The van der Waals surface area contributed by atoms with Crippen molar-refractivity contribution in [1.29, 1.82) is 0 Å². The van der Waals surface area contributed by atoms with Crippen LogP contribution in [-0.4, -0.2) is 42.6 Å². The first-order chi connectivity index (χ1) is 9.52. The summed E-state index contributed by atoms with van der Waals surface area (Å²) in [6, 6.07) is 0. The average Bonchev–Trinajstić information content (AvgIpc) is 2.94. The molecule has 0 amide bonds. The first kappa shape index (κ1) is 15.3. The lowest BCUT2D eigenvalue weighted by atomic mass is 10.2. The highest BCUT2D eigenvalue weighted by atomic mass is 16.5. The molecule has 5 nitrogen and oxygen atoms in total. The van der Waals surface area contributed by atoms with Crippen molar-refractivity contribution >= 4 is 5.82 Å². The van der Waals surface area contributed by atoms with Crippen LogP contribution in [0.25, 0.3) is 0 Å². The molecule has 2 heterocycles. The van der Waals surface area contributed by atoms with E-state index in [2.05, 4.69) is 36.1 Å². The van der Waals surface area contributed by atoms with Gasteiger partial charge in [-0.25, -0.2) is 0 Å². The Morgan fingerprint density at radius 2 is 2.20 bits per heavy atom. The van der Waals surface area contributed by atoms with Crippen LogP contribution >= 0.6 is 0 Å². The van der Waals surface area contributed by atoms with Crippen LogP contribution in [0.15, 0.2) is 0 Å². The summed E-state index contributed by atoms with van der Waals surface area (Å²) < 4.78 is 7.49. The third kappa shape index (κ3) is 3.33. The lowest BCUT2D eigenvalue weighted by molar-refractivity contribution is 0.121. The van der Waals surface area contributed by atoms with Gasteiger partial charge in [0.25, 0.3) is 0 Å². The molecule has 2 rings (SSSR count). The molecule has 1 aliphatic heterocycles. The van der Waals surface area contributed by atoms with Crippen molar-refractivity contribution in [1.82, 2.24) is 15.1 Å². The van der Waals surface area contributed by atoms with Gasteiger partial charge in [-0.05, 0) is 25.8 Å². The zero-order chi connectivity index (χ0) is 14.7. The minimum absolute atomic E-state index is 0.349. The number of anilines is 1. The molecule has 0 saturated carbocycles. The van der Waals surface area contributed by atoms with Crippen LogP contribution in [0, 0.1) is 12.8 Å². The first-order valence-corrected chi connectivity index (χ1v) is 7.53. The summed E-state index contributed by atoms with van der Waals surface area (Å²) in [6.45, 7) is 10.5. The van der Waals surface area contributed by atoms with Gasteiger partial charge in [0.05, 0.1) is 11.8 Å².